The molecular weight excluding hydrogens is 240 g/mol. The van der Waals surface area contributed by atoms with Gasteiger partial charge >= 0.3 is 0 Å². The molecule has 94 valence electrons. The Morgan fingerprint density at radius 3 is 2.74 bits per heavy atom. The Morgan fingerprint density at radius 1 is 1.16 bits per heavy atom. The SMILES string of the molecule is Nc1nc2ncc(Cc3ccccc3)cc2c(=O)[nH]1. The van der Waals surface area contributed by atoms with Crippen molar-refractivity contribution in [2.75, 3.05) is 5.73 Å². The molecule has 1 aromatic carbocycles. The van der Waals surface area contributed by atoms with E-state index < -0.39 is 0 Å². The van der Waals surface area contributed by atoms with Gasteiger partial charge < -0.3 is 5.73 Å². The predicted octanol–water partition coefficient (Wildman–Crippen LogP) is 1.49. The zero-order chi connectivity index (χ0) is 13.2. The van der Waals surface area contributed by atoms with Gasteiger partial charge in [-0.25, -0.2) is 4.98 Å². The van der Waals surface area contributed by atoms with Gasteiger partial charge in [-0.15, -0.1) is 0 Å². The molecular formula is C14H12N4O. The molecule has 0 fully saturated rings. The van der Waals surface area contributed by atoms with Gasteiger partial charge in [-0.05, 0) is 23.6 Å². The lowest BCUT2D eigenvalue weighted by Crippen LogP contribution is -2.12. The Morgan fingerprint density at radius 2 is 1.95 bits per heavy atom. The van der Waals surface area contributed by atoms with Gasteiger partial charge in [-0.1, -0.05) is 30.3 Å². The number of hydrogen-bond donors (Lipinski definition) is 2. The third-order valence-corrected chi connectivity index (χ3v) is 2.89. The van der Waals surface area contributed by atoms with E-state index in [0.717, 1.165) is 12.0 Å². The molecule has 2 aromatic heterocycles. The van der Waals surface area contributed by atoms with Crippen LogP contribution in [0.4, 0.5) is 5.95 Å². The lowest BCUT2D eigenvalue weighted by molar-refractivity contribution is 1.12. The Labute approximate surface area is 109 Å². The number of nitrogens with one attached hydrogen (secondary N) is 1. The molecule has 19 heavy (non-hydrogen) atoms. The smallest absolute Gasteiger partial charge is 0.261 e. The Balaban J connectivity index is 2.05. The Kier molecular flexibility index (Phi) is 2.72. The number of anilines is 1. The molecule has 3 N–H and O–H groups in total. The average Bonchev–Trinajstić information content (AvgIpc) is 2.40. The summed E-state index contributed by atoms with van der Waals surface area (Å²) in [6.07, 6.45) is 2.45. The number of nitrogens with zero attached hydrogens (tertiary/aromatic N) is 2. The van der Waals surface area contributed by atoms with Crippen molar-refractivity contribution >= 4 is 17.0 Å². The van der Waals surface area contributed by atoms with E-state index >= 15 is 0 Å². The van der Waals surface area contributed by atoms with E-state index in [1.807, 2.05) is 30.3 Å². The number of rotatable bonds is 2. The highest BCUT2D eigenvalue weighted by molar-refractivity contribution is 5.74. The van der Waals surface area contributed by atoms with Gasteiger partial charge in [0.05, 0.1) is 5.39 Å². The summed E-state index contributed by atoms with van der Waals surface area (Å²) in [5, 5.41) is 0.461. The predicted molar refractivity (Wildman–Crippen MR) is 73.8 cm³/mol. The van der Waals surface area contributed by atoms with Gasteiger partial charge in [0.2, 0.25) is 5.95 Å². The van der Waals surface area contributed by atoms with Crippen molar-refractivity contribution in [3.63, 3.8) is 0 Å². The highest BCUT2D eigenvalue weighted by atomic mass is 16.1. The summed E-state index contributed by atoms with van der Waals surface area (Å²) in [4.78, 5) is 22.4. The summed E-state index contributed by atoms with van der Waals surface area (Å²) in [5.41, 5.74) is 7.73. The topological polar surface area (TPSA) is 84.7 Å². The minimum Gasteiger partial charge on any atom is -0.369 e. The van der Waals surface area contributed by atoms with Crippen LogP contribution in [0.25, 0.3) is 11.0 Å². The number of fused-ring (bicyclic) bond motifs is 1. The number of nitrogens with two attached hydrogens (primary N) is 1. The fourth-order valence-corrected chi connectivity index (χ4v) is 2.01. The Hall–Kier alpha value is -2.69. The van der Waals surface area contributed by atoms with Crippen LogP contribution in [0.1, 0.15) is 11.1 Å². The van der Waals surface area contributed by atoms with E-state index in [9.17, 15) is 4.79 Å². The quantitative estimate of drug-likeness (QED) is 0.723. The molecule has 3 rings (SSSR count). The molecule has 0 bridgehead atoms. The van der Waals surface area contributed by atoms with Crippen LogP contribution in [0.5, 0.6) is 0 Å². The first-order chi connectivity index (χ1) is 9.22. The van der Waals surface area contributed by atoms with Crippen LogP contribution < -0.4 is 11.3 Å². The van der Waals surface area contributed by atoms with Crippen LogP contribution >= 0.6 is 0 Å². The summed E-state index contributed by atoms with van der Waals surface area (Å²) in [6, 6.07) is 11.8. The van der Waals surface area contributed by atoms with Gasteiger partial charge in [0.15, 0.2) is 5.65 Å². The maximum absolute atomic E-state index is 11.8. The molecule has 0 saturated carbocycles. The normalized spacial score (nSPS) is 10.7. The van der Waals surface area contributed by atoms with E-state index in [-0.39, 0.29) is 11.5 Å². The molecule has 5 nitrogen and oxygen atoms in total. The van der Waals surface area contributed by atoms with E-state index in [2.05, 4.69) is 15.0 Å². The van der Waals surface area contributed by atoms with Crippen molar-refractivity contribution in [1.29, 1.82) is 0 Å². The second-order valence-electron chi connectivity index (χ2n) is 4.33. The highest BCUT2D eigenvalue weighted by Crippen LogP contribution is 2.12. The van der Waals surface area contributed by atoms with Crippen molar-refractivity contribution in [3.8, 4) is 0 Å². The summed E-state index contributed by atoms with van der Waals surface area (Å²) in [7, 11) is 0. The molecule has 0 aliphatic carbocycles. The first-order valence-electron chi connectivity index (χ1n) is 5.91. The molecule has 5 heteroatoms. The molecule has 0 atom stereocenters. The molecule has 3 aromatic rings. The van der Waals surface area contributed by atoms with Gasteiger partial charge in [-0.3, -0.25) is 9.78 Å². The molecule has 2 heterocycles. The van der Waals surface area contributed by atoms with Gasteiger partial charge in [0, 0.05) is 6.20 Å². The number of H-pyrrole nitrogens is 1. The monoisotopic (exact) mass is 252 g/mol. The fraction of sp³-hybridized carbons (Fsp3) is 0.0714. The largest absolute Gasteiger partial charge is 0.369 e. The van der Waals surface area contributed by atoms with Gasteiger partial charge in [0.1, 0.15) is 0 Å². The van der Waals surface area contributed by atoms with Crippen LogP contribution in [-0.2, 0) is 6.42 Å². The van der Waals surface area contributed by atoms with E-state index in [1.165, 1.54) is 5.56 Å². The molecule has 0 saturated heterocycles. The molecule has 0 amide bonds. The lowest BCUT2D eigenvalue weighted by atomic mass is 10.1. The third kappa shape index (κ3) is 2.30. The lowest BCUT2D eigenvalue weighted by Gasteiger charge is -2.03. The van der Waals surface area contributed by atoms with Crippen LogP contribution in [-0.4, -0.2) is 15.0 Å². The van der Waals surface area contributed by atoms with Gasteiger partial charge in [-0.2, -0.15) is 4.98 Å². The molecule has 0 unspecified atom stereocenters. The summed E-state index contributed by atoms with van der Waals surface area (Å²) < 4.78 is 0. The minimum atomic E-state index is -0.259. The molecule has 0 aliphatic heterocycles. The summed E-state index contributed by atoms with van der Waals surface area (Å²) in [5.74, 6) is 0.0841. The van der Waals surface area contributed by atoms with Crippen molar-refractivity contribution in [2.45, 2.75) is 6.42 Å². The van der Waals surface area contributed by atoms with Crippen molar-refractivity contribution in [3.05, 3.63) is 64.1 Å². The number of hydrogen-bond acceptors (Lipinski definition) is 4. The highest BCUT2D eigenvalue weighted by Gasteiger charge is 2.05. The number of pyridine rings is 1. The fourth-order valence-electron chi connectivity index (χ4n) is 2.01. The van der Waals surface area contributed by atoms with Gasteiger partial charge in [0.25, 0.3) is 5.56 Å². The van der Waals surface area contributed by atoms with Crippen molar-refractivity contribution in [1.82, 2.24) is 15.0 Å². The van der Waals surface area contributed by atoms with Crippen LogP contribution in [0.2, 0.25) is 0 Å². The maximum atomic E-state index is 11.8. The molecule has 0 spiro atoms. The Bertz CT molecular complexity index is 780. The van der Waals surface area contributed by atoms with Crippen LogP contribution in [0.15, 0.2) is 47.4 Å². The van der Waals surface area contributed by atoms with Crippen molar-refractivity contribution < 1.29 is 0 Å². The number of aromatic nitrogens is 3. The summed E-state index contributed by atoms with van der Waals surface area (Å²) in [6.45, 7) is 0. The van der Waals surface area contributed by atoms with Crippen LogP contribution in [0, 0.1) is 0 Å². The minimum absolute atomic E-state index is 0.0841. The second kappa shape index (κ2) is 4.53. The molecule has 0 radical (unpaired) electrons. The number of aromatic amines is 1. The molecule has 0 aliphatic rings. The van der Waals surface area contributed by atoms with E-state index in [4.69, 9.17) is 5.73 Å². The number of benzene rings is 1. The average molecular weight is 252 g/mol. The third-order valence-electron chi connectivity index (χ3n) is 2.89. The maximum Gasteiger partial charge on any atom is 0.261 e. The first kappa shape index (κ1) is 11.4. The van der Waals surface area contributed by atoms with Crippen LogP contribution in [0.3, 0.4) is 0 Å². The second-order valence-corrected chi connectivity index (χ2v) is 4.33. The number of nitrogen functional groups attached to an aromatic ring is 1. The van der Waals surface area contributed by atoms with E-state index in [0.29, 0.717) is 11.0 Å². The first-order valence-corrected chi connectivity index (χ1v) is 5.91. The van der Waals surface area contributed by atoms with Crippen molar-refractivity contribution in [2.24, 2.45) is 0 Å². The zero-order valence-corrected chi connectivity index (χ0v) is 10.1. The standard InChI is InChI=1S/C14H12N4O/c15-14-17-12-11(13(19)18-14)7-10(8-16-12)6-9-4-2-1-3-5-9/h1-5,7-8H,6H2,(H3,15,16,17,18,19). The zero-order valence-electron chi connectivity index (χ0n) is 10.1. The summed E-state index contributed by atoms with van der Waals surface area (Å²) >= 11 is 0. The van der Waals surface area contributed by atoms with E-state index in [1.54, 1.807) is 12.3 Å².